The molecule has 4 heteroatoms. The molecule has 0 aliphatic heterocycles. The summed E-state index contributed by atoms with van der Waals surface area (Å²) >= 11 is 0. The van der Waals surface area contributed by atoms with Crippen LogP contribution in [0.3, 0.4) is 0 Å². The average Bonchev–Trinajstić information content (AvgIpc) is 3.09. The van der Waals surface area contributed by atoms with E-state index in [0.29, 0.717) is 29.1 Å². The SMILES string of the molecule is COC(=O)CC[C@H](C)C1CCC2C3CC[C@H]4C[C@@H](OC(C)=O)CC[C@]4(C)C3CC[C@@]21C. The molecule has 0 aromatic rings. The molecule has 31 heavy (non-hydrogen) atoms. The van der Waals surface area contributed by atoms with Gasteiger partial charge in [-0.1, -0.05) is 20.8 Å². The lowest BCUT2D eigenvalue weighted by Gasteiger charge is -2.61. The third-order valence-electron chi connectivity index (χ3n) is 10.7. The van der Waals surface area contributed by atoms with E-state index in [-0.39, 0.29) is 18.0 Å². The van der Waals surface area contributed by atoms with Crippen LogP contribution in [0.25, 0.3) is 0 Å². The Bertz CT molecular complexity index is 689. The smallest absolute Gasteiger partial charge is 0.305 e. The van der Waals surface area contributed by atoms with Crippen molar-refractivity contribution >= 4 is 11.9 Å². The summed E-state index contributed by atoms with van der Waals surface area (Å²) in [6, 6.07) is 0. The largest absolute Gasteiger partial charge is 0.469 e. The van der Waals surface area contributed by atoms with Crippen molar-refractivity contribution in [3.8, 4) is 0 Å². The van der Waals surface area contributed by atoms with E-state index in [9.17, 15) is 9.59 Å². The molecule has 4 nitrogen and oxygen atoms in total. The van der Waals surface area contributed by atoms with Gasteiger partial charge in [0.25, 0.3) is 0 Å². The fourth-order valence-electron chi connectivity index (χ4n) is 9.18. The van der Waals surface area contributed by atoms with Crippen LogP contribution in [0.1, 0.15) is 98.3 Å². The van der Waals surface area contributed by atoms with E-state index in [1.165, 1.54) is 52.1 Å². The molecule has 4 unspecified atom stereocenters. The van der Waals surface area contributed by atoms with Crippen LogP contribution in [-0.2, 0) is 19.1 Å². The van der Waals surface area contributed by atoms with Gasteiger partial charge in [0.2, 0.25) is 0 Å². The molecule has 4 rings (SSSR count). The molecule has 176 valence electrons. The summed E-state index contributed by atoms with van der Waals surface area (Å²) in [6.07, 6.45) is 13.1. The van der Waals surface area contributed by atoms with Crippen LogP contribution in [0.5, 0.6) is 0 Å². The summed E-state index contributed by atoms with van der Waals surface area (Å²) in [5.74, 6) is 4.42. The Balaban J connectivity index is 1.45. The lowest BCUT2D eigenvalue weighted by Crippen LogP contribution is -2.54. The van der Waals surface area contributed by atoms with Gasteiger partial charge in [-0.2, -0.15) is 0 Å². The summed E-state index contributed by atoms with van der Waals surface area (Å²) < 4.78 is 10.5. The summed E-state index contributed by atoms with van der Waals surface area (Å²) in [5.41, 5.74) is 0.865. The number of carbonyl (C=O) groups excluding carboxylic acids is 2. The van der Waals surface area contributed by atoms with Crippen molar-refractivity contribution in [1.82, 2.24) is 0 Å². The minimum absolute atomic E-state index is 0.0640. The topological polar surface area (TPSA) is 52.6 Å². The molecule has 0 bridgehead atoms. The van der Waals surface area contributed by atoms with Crippen LogP contribution in [-0.4, -0.2) is 25.2 Å². The Morgan fingerprint density at radius 1 is 0.968 bits per heavy atom. The van der Waals surface area contributed by atoms with Gasteiger partial charge < -0.3 is 9.47 Å². The molecule has 0 amide bonds. The Morgan fingerprint density at radius 2 is 1.68 bits per heavy atom. The van der Waals surface area contributed by atoms with Gasteiger partial charge >= 0.3 is 11.9 Å². The quantitative estimate of drug-likeness (QED) is 0.488. The molecule has 4 fully saturated rings. The van der Waals surface area contributed by atoms with Gasteiger partial charge in [-0.05, 0) is 111 Å². The molecule has 0 radical (unpaired) electrons. The van der Waals surface area contributed by atoms with Crippen molar-refractivity contribution in [3.63, 3.8) is 0 Å². The Labute approximate surface area is 189 Å². The minimum atomic E-state index is -0.117. The molecule has 0 spiro atoms. The molecule has 0 aromatic carbocycles. The summed E-state index contributed by atoms with van der Waals surface area (Å²) in [6.45, 7) is 9.09. The Kier molecular flexibility index (Phi) is 6.49. The van der Waals surface area contributed by atoms with Crippen LogP contribution < -0.4 is 0 Å². The van der Waals surface area contributed by atoms with E-state index in [1.807, 2.05) is 0 Å². The van der Waals surface area contributed by atoms with Gasteiger partial charge in [-0.3, -0.25) is 9.59 Å². The molecular weight excluding hydrogens is 388 g/mol. The van der Waals surface area contributed by atoms with E-state index in [0.717, 1.165) is 42.9 Å². The van der Waals surface area contributed by atoms with Gasteiger partial charge in [-0.15, -0.1) is 0 Å². The highest BCUT2D eigenvalue weighted by Crippen LogP contribution is 2.68. The third-order valence-corrected chi connectivity index (χ3v) is 10.7. The van der Waals surface area contributed by atoms with Crippen molar-refractivity contribution in [1.29, 1.82) is 0 Å². The number of esters is 2. The summed E-state index contributed by atoms with van der Waals surface area (Å²) in [7, 11) is 1.50. The Morgan fingerprint density at radius 3 is 2.39 bits per heavy atom. The van der Waals surface area contributed by atoms with E-state index in [1.54, 1.807) is 6.92 Å². The lowest BCUT2D eigenvalue weighted by atomic mass is 9.44. The zero-order valence-electron chi connectivity index (χ0n) is 20.5. The van der Waals surface area contributed by atoms with Crippen molar-refractivity contribution in [3.05, 3.63) is 0 Å². The number of carbonyl (C=O) groups is 2. The van der Waals surface area contributed by atoms with Crippen molar-refractivity contribution < 1.29 is 19.1 Å². The van der Waals surface area contributed by atoms with Crippen molar-refractivity contribution in [2.24, 2.45) is 46.3 Å². The number of methoxy groups -OCH3 is 1. The van der Waals surface area contributed by atoms with Gasteiger partial charge in [0, 0.05) is 13.3 Å². The molecule has 4 aliphatic carbocycles. The summed E-state index contributed by atoms with van der Waals surface area (Å²) in [4.78, 5) is 23.2. The zero-order chi connectivity index (χ0) is 22.4. The molecule has 0 saturated heterocycles. The second kappa shape index (κ2) is 8.71. The highest BCUT2D eigenvalue weighted by atomic mass is 16.5. The maximum absolute atomic E-state index is 11.7. The lowest BCUT2D eigenvalue weighted by molar-refractivity contribution is -0.160. The first-order chi connectivity index (χ1) is 14.7. The van der Waals surface area contributed by atoms with Crippen LogP contribution in [0.4, 0.5) is 0 Å². The standard InChI is InChI=1S/C27H44O4/c1-17(6-11-25(29)30-5)22-9-10-23-21-8-7-19-16-20(31-18(2)28)12-14-26(19,3)24(21)13-15-27(22,23)4/h17,19-24H,6-16H2,1-5H3/t17-,19-,20-,21?,22?,23?,24?,26-,27+/m0/s1. The van der Waals surface area contributed by atoms with Gasteiger partial charge in [0.05, 0.1) is 7.11 Å². The normalized spacial score (nSPS) is 45.1. The number of hydrogen-bond acceptors (Lipinski definition) is 4. The highest BCUT2D eigenvalue weighted by molar-refractivity contribution is 5.69. The second-order valence-corrected chi connectivity index (χ2v) is 12.0. The van der Waals surface area contributed by atoms with Crippen molar-refractivity contribution in [2.75, 3.05) is 7.11 Å². The minimum Gasteiger partial charge on any atom is -0.469 e. The molecule has 4 aliphatic rings. The number of fused-ring (bicyclic) bond motifs is 5. The van der Waals surface area contributed by atoms with Gasteiger partial charge in [-0.25, -0.2) is 0 Å². The van der Waals surface area contributed by atoms with Crippen LogP contribution in [0, 0.1) is 46.3 Å². The first-order valence-electron chi connectivity index (χ1n) is 12.9. The first-order valence-corrected chi connectivity index (χ1v) is 12.9. The molecule has 4 saturated carbocycles. The van der Waals surface area contributed by atoms with Gasteiger partial charge in [0.15, 0.2) is 0 Å². The first kappa shape index (κ1) is 23.1. The maximum Gasteiger partial charge on any atom is 0.305 e. The second-order valence-electron chi connectivity index (χ2n) is 12.0. The molecule has 9 atom stereocenters. The van der Waals surface area contributed by atoms with Crippen LogP contribution in [0.2, 0.25) is 0 Å². The molecule has 0 aromatic heterocycles. The van der Waals surface area contributed by atoms with E-state index in [2.05, 4.69) is 20.8 Å². The average molecular weight is 433 g/mol. The fourth-order valence-corrected chi connectivity index (χ4v) is 9.18. The number of hydrogen-bond donors (Lipinski definition) is 0. The van der Waals surface area contributed by atoms with Crippen molar-refractivity contribution in [2.45, 2.75) is 104 Å². The number of rotatable bonds is 5. The number of ether oxygens (including phenoxy) is 2. The van der Waals surface area contributed by atoms with E-state index < -0.39 is 0 Å². The molecule has 0 heterocycles. The maximum atomic E-state index is 11.7. The fraction of sp³-hybridized carbons (Fsp3) is 0.926. The predicted octanol–water partition coefficient (Wildman–Crippen LogP) is 6.17. The zero-order valence-corrected chi connectivity index (χ0v) is 20.5. The predicted molar refractivity (Wildman–Crippen MR) is 121 cm³/mol. The monoisotopic (exact) mass is 432 g/mol. The van der Waals surface area contributed by atoms with Crippen LogP contribution >= 0.6 is 0 Å². The summed E-state index contributed by atoms with van der Waals surface area (Å²) in [5, 5.41) is 0. The third kappa shape index (κ3) is 4.06. The van der Waals surface area contributed by atoms with Crippen LogP contribution in [0.15, 0.2) is 0 Å². The van der Waals surface area contributed by atoms with Gasteiger partial charge in [0.1, 0.15) is 6.10 Å². The van der Waals surface area contributed by atoms with E-state index in [4.69, 9.17) is 9.47 Å². The van der Waals surface area contributed by atoms with E-state index >= 15 is 0 Å². The molecular formula is C27H44O4. The Hall–Kier alpha value is -1.06. The molecule has 0 N–H and O–H groups in total. The highest BCUT2D eigenvalue weighted by Gasteiger charge is 2.60.